The zero-order chi connectivity index (χ0) is 31.9. The van der Waals surface area contributed by atoms with Crippen LogP contribution in [0.3, 0.4) is 0 Å². The standard InChI is InChI=1S/C32H31F3N6O2S/c1-31(2,29(43)15-26-18-37-21-40(26)19-23-9-7-22(16-36)8-10-23)20-41(30(44)39-25-11-13-27(42)14-12-25)38-17-24-5-3-4-6-28(24)32(33,34)35/h3-14,18,21,38,42H,15,17,19-20H2,1-2H3,(H,39,44). The van der Waals surface area contributed by atoms with E-state index in [1.807, 2.05) is 16.7 Å². The number of alkyl halides is 3. The molecule has 0 aliphatic carbocycles. The zero-order valence-corrected chi connectivity index (χ0v) is 24.9. The highest BCUT2D eigenvalue weighted by molar-refractivity contribution is 7.80. The molecule has 0 atom stereocenters. The minimum Gasteiger partial charge on any atom is -0.508 e. The third kappa shape index (κ3) is 8.43. The van der Waals surface area contributed by atoms with Gasteiger partial charge in [-0.1, -0.05) is 44.2 Å². The lowest BCUT2D eigenvalue weighted by atomic mass is 9.85. The Labute approximate surface area is 258 Å². The van der Waals surface area contributed by atoms with Crippen molar-refractivity contribution in [1.29, 1.82) is 5.26 Å². The van der Waals surface area contributed by atoms with Crippen LogP contribution in [0.25, 0.3) is 0 Å². The monoisotopic (exact) mass is 620 g/mol. The Bertz CT molecular complexity index is 1640. The van der Waals surface area contributed by atoms with Crippen LogP contribution in [-0.4, -0.2) is 37.1 Å². The topological polar surface area (TPSA) is 106 Å². The highest BCUT2D eigenvalue weighted by Gasteiger charge is 2.34. The van der Waals surface area contributed by atoms with E-state index in [0.29, 0.717) is 23.5 Å². The van der Waals surface area contributed by atoms with Gasteiger partial charge in [0.15, 0.2) is 5.11 Å². The minimum atomic E-state index is -4.54. The van der Waals surface area contributed by atoms with E-state index in [1.54, 1.807) is 50.6 Å². The second-order valence-corrected chi connectivity index (χ2v) is 11.2. The number of nitriles is 1. The fourth-order valence-corrected chi connectivity index (χ4v) is 4.72. The summed E-state index contributed by atoms with van der Waals surface area (Å²) in [5.74, 6) is -0.0700. The van der Waals surface area contributed by atoms with Crippen molar-refractivity contribution >= 4 is 28.8 Å². The Balaban J connectivity index is 1.51. The van der Waals surface area contributed by atoms with E-state index in [1.165, 1.54) is 35.3 Å². The van der Waals surface area contributed by atoms with Crippen LogP contribution in [0.2, 0.25) is 0 Å². The van der Waals surface area contributed by atoms with E-state index < -0.39 is 17.2 Å². The molecule has 0 fully saturated rings. The van der Waals surface area contributed by atoms with Crippen molar-refractivity contribution in [3.63, 3.8) is 0 Å². The summed E-state index contributed by atoms with van der Waals surface area (Å²) in [4.78, 5) is 17.9. The molecule has 0 saturated carbocycles. The molecule has 0 unspecified atom stereocenters. The number of rotatable bonds is 11. The first-order valence-electron chi connectivity index (χ1n) is 13.6. The minimum absolute atomic E-state index is 0.0215. The van der Waals surface area contributed by atoms with Gasteiger partial charge in [-0.3, -0.25) is 9.80 Å². The Morgan fingerprint density at radius 1 is 1.07 bits per heavy atom. The molecule has 0 saturated heterocycles. The Morgan fingerprint density at radius 2 is 1.75 bits per heavy atom. The fourth-order valence-electron chi connectivity index (χ4n) is 4.47. The molecule has 3 N–H and O–H groups in total. The third-order valence-electron chi connectivity index (χ3n) is 7.03. The first-order valence-corrected chi connectivity index (χ1v) is 14.0. The number of ketones is 1. The predicted molar refractivity (Wildman–Crippen MR) is 164 cm³/mol. The number of phenols is 1. The normalized spacial score (nSPS) is 11.5. The van der Waals surface area contributed by atoms with Gasteiger partial charge < -0.3 is 15.0 Å². The number of thiocarbonyl (C=S) groups is 1. The number of nitrogens with one attached hydrogen (secondary N) is 2. The Hall–Kier alpha value is -4.73. The van der Waals surface area contributed by atoms with Gasteiger partial charge in [0.2, 0.25) is 0 Å². The van der Waals surface area contributed by atoms with Crippen molar-refractivity contribution in [3.05, 3.63) is 113 Å². The molecule has 0 spiro atoms. The summed E-state index contributed by atoms with van der Waals surface area (Å²) in [5.41, 5.74) is 3.97. The van der Waals surface area contributed by atoms with Gasteiger partial charge >= 0.3 is 6.18 Å². The molecule has 0 amide bonds. The predicted octanol–water partition coefficient (Wildman–Crippen LogP) is 6.07. The number of hydrogen-bond acceptors (Lipinski definition) is 6. The van der Waals surface area contributed by atoms with Gasteiger partial charge in [0.1, 0.15) is 11.5 Å². The molecule has 3 aromatic carbocycles. The van der Waals surface area contributed by atoms with E-state index in [9.17, 15) is 23.1 Å². The van der Waals surface area contributed by atoms with Crippen LogP contribution >= 0.6 is 12.2 Å². The first kappa shape index (κ1) is 32.2. The number of hydrazine groups is 1. The number of carbonyl (C=O) groups is 1. The number of hydrogen-bond donors (Lipinski definition) is 3. The molecule has 0 aliphatic rings. The number of anilines is 1. The van der Waals surface area contributed by atoms with Gasteiger partial charge in [0.05, 0.1) is 23.5 Å². The molecule has 4 aromatic rings. The number of phenolic OH excluding ortho intramolecular Hbond substituents is 1. The van der Waals surface area contributed by atoms with Crippen LogP contribution in [0.15, 0.2) is 85.3 Å². The smallest absolute Gasteiger partial charge is 0.416 e. The highest BCUT2D eigenvalue weighted by Crippen LogP contribution is 2.32. The summed E-state index contributed by atoms with van der Waals surface area (Å²) >= 11 is 5.62. The molecule has 12 heteroatoms. The fraction of sp³-hybridized carbons (Fsp3) is 0.250. The maximum absolute atomic E-state index is 13.7. The Morgan fingerprint density at radius 3 is 2.41 bits per heavy atom. The summed E-state index contributed by atoms with van der Waals surface area (Å²) in [6.45, 7) is 3.79. The number of nitrogens with zero attached hydrogens (tertiary/aromatic N) is 4. The van der Waals surface area contributed by atoms with Crippen LogP contribution in [0.5, 0.6) is 5.75 Å². The lowest BCUT2D eigenvalue weighted by molar-refractivity contribution is -0.138. The quantitative estimate of drug-likeness (QED) is 0.105. The zero-order valence-electron chi connectivity index (χ0n) is 24.1. The summed E-state index contributed by atoms with van der Waals surface area (Å²) in [7, 11) is 0. The van der Waals surface area contributed by atoms with Crippen molar-refractivity contribution in [1.82, 2.24) is 20.0 Å². The number of aromatic nitrogens is 2. The molecule has 0 radical (unpaired) electrons. The van der Waals surface area contributed by atoms with Crippen LogP contribution in [-0.2, 0) is 30.5 Å². The summed E-state index contributed by atoms with van der Waals surface area (Å²) in [6, 6.07) is 20.6. The van der Waals surface area contributed by atoms with Crippen molar-refractivity contribution in [3.8, 4) is 11.8 Å². The van der Waals surface area contributed by atoms with Gasteiger partial charge in [-0.2, -0.15) is 18.4 Å². The molecular formula is C32H31F3N6O2S. The van der Waals surface area contributed by atoms with Crippen molar-refractivity contribution < 1.29 is 23.1 Å². The summed E-state index contributed by atoms with van der Waals surface area (Å²) in [5, 5.41) is 23.3. The van der Waals surface area contributed by atoms with Crippen LogP contribution in [0, 0.1) is 16.7 Å². The van der Waals surface area contributed by atoms with Crippen LogP contribution in [0.1, 0.15) is 41.8 Å². The average molecular weight is 621 g/mol. The van der Waals surface area contributed by atoms with Crippen LogP contribution in [0.4, 0.5) is 18.9 Å². The molecule has 44 heavy (non-hydrogen) atoms. The molecular weight excluding hydrogens is 589 g/mol. The molecule has 1 aromatic heterocycles. The first-order chi connectivity index (χ1) is 20.9. The van der Waals surface area contributed by atoms with Gasteiger partial charge in [-0.15, -0.1) is 0 Å². The third-order valence-corrected chi connectivity index (χ3v) is 7.35. The highest BCUT2D eigenvalue weighted by atomic mass is 32.1. The van der Waals surface area contributed by atoms with Crippen molar-refractivity contribution in [2.24, 2.45) is 5.41 Å². The second-order valence-electron chi connectivity index (χ2n) is 10.9. The number of carbonyl (C=O) groups excluding carboxylic acids is 1. The maximum Gasteiger partial charge on any atom is 0.416 e. The maximum atomic E-state index is 13.7. The largest absolute Gasteiger partial charge is 0.508 e. The van der Waals surface area contributed by atoms with Crippen molar-refractivity contribution in [2.45, 2.75) is 39.5 Å². The lowest BCUT2D eigenvalue weighted by Crippen LogP contribution is -2.51. The number of Topliss-reactive ketones (excluding diaryl/α,β-unsaturated/α-hetero) is 1. The molecule has 228 valence electrons. The Kier molecular flexibility index (Phi) is 10.0. The molecule has 0 aliphatic heterocycles. The molecule has 1 heterocycles. The van der Waals surface area contributed by atoms with Gasteiger partial charge in [0.25, 0.3) is 0 Å². The summed E-state index contributed by atoms with van der Waals surface area (Å²) in [6.07, 6.45) is -1.22. The number of benzene rings is 3. The molecule has 4 rings (SSSR count). The number of halogens is 3. The molecule has 8 nitrogen and oxygen atoms in total. The number of imidazole rings is 1. The molecule has 0 bridgehead atoms. The van der Waals surface area contributed by atoms with E-state index in [-0.39, 0.29) is 41.7 Å². The lowest BCUT2D eigenvalue weighted by Gasteiger charge is -2.34. The summed E-state index contributed by atoms with van der Waals surface area (Å²) < 4.78 is 42.8. The second kappa shape index (κ2) is 13.7. The van der Waals surface area contributed by atoms with E-state index in [0.717, 1.165) is 11.6 Å². The van der Waals surface area contributed by atoms with E-state index in [4.69, 9.17) is 17.5 Å². The van der Waals surface area contributed by atoms with Gasteiger partial charge in [-0.05, 0) is 65.8 Å². The number of aromatic hydroxyl groups is 1. The van der Waals surface area contributed by atoms with E-state index >= 15 is 0 Å². The SMILES string of the molecule is CC(C)(CN(NCc1ccccc1C(F)(F)F)C(=S)Nc1ccc(O)cc1)C(=O)Cc1cncn1Cc1ccc(C#N)cc1. The van der Waals surface area contributed by atoms with Gasteiger partial charge in [-0.25, -0.2) is 10.4 Å². The average Bonchev–Trinajstić information content (AvgIpc) is 3.42. The van der Waals surface area contributed by atoms with Gasteiger partial charge in [0, 0.05) is 49.0 Å². The van der Waals surface area contributed by atoms with Crippen molar-refractivity contribution in [2.75, 3.05) is 11.9 Å². The van der Waals surface area contributed by atoms with E-state index in [2.05, 4.69) is 21.8 Å². The van der Waals surface area contributed by atoms with Crippen LogP contribution < -0.4 is 10.7 Å².